The molecule has 0 atom stereocenters. The average molecular weight is 760 g/mol. The predicted octanol–water partition coefficient (Wildman–Crippen LogP) is 9.96. The minimum Gasteiger partial charge on any atom is -0.476 e. The van der Waals surface area contributed by atoms with Gasteiger partial charge in [-0.25, -0.2) is 9.59 Å². The zero-order valence-electron chi connectivity index (χ0n) is 31.4. The van der Waals surface area contributed by atoms with Crippen molar-refractivity contribution in [3.63, 3.8) is 0 Å². The van der Waals surface area contributed by atoms with Crippen molar-refractivity contribution in [2.75, 3.05) is 0 Å². The lowest BCUT2D eigenvalue weighted by molar-refractivity contribution is 0.0678. The largest absolute Gasteiger partial charge is 0.476 e. The molecule has 0 fully saturated rings. The molecule has 9 heteroatoms. The number of aromatic nitrogens is 5. The van der Waals surface area contributed by atoms with Crippen LogP contribution in [-0.4, -0.2) is 47.5 Å². The van der Waals surface area contributed by atoms with Crippen molar-refractivity contribution in [1.29, 1.82) is 0 Å². The van der Waals surface area contributed by atoms with Crippen molar-refractivity contribution >= 4 is 11.9 Å². The van der Waals surface area contributed by atoms with E-state index in [1.54, 1.807) is 12.1 Å². The molecule has 5 aromatic carbocycles. The number of carboxylic acids is 2. The quantitative estimate of drug-likeness (QED) is 0.118. The highest BCUT2D eigenvalue weighted by molar-refractivity contribution is 5.93. The second-order valence-electron chi connectivity index (χ2n) is 13.9. The molecule has 0 unspecified atom stereocenters. The standard InChI is InChI=1S/C49H37N5O4/c55-48(56)45-25-23-39(51-53-45)21-15-32-27-33(16-22-40-24-26-46(49(57)58)54-52-40)29-38(28-32)41-13-7-8-14-42(41)44-31-50-47(37-11-5-2-6-12-37)30-43(44)36-19-17-35(18-20-36)34-9-3-1-4-10-34/h1-14,17-20,23-31H,15-16,21-22H2,(H,55,56)(H,57,58). The topological polar surface area (TPSA) is 139 Å². The van der Waals surface area contributed by atoms with E-state index in [0.717, 1.165) is 66.9 Å². The third-order valence-electron chi connectivity index (χ3n) is 10.1. The number of aromatic carboxylic acids is 2. The first-order valence-corrected chi connectivity index (χ1v) is 18.9. The summed E-state index contributed by atoms with van der Waals surface area (Å²) in [5.74, 6) is -2.23. The van der Waals surface area contributed by atoms with E-state index in [-0.39, 0.29) is 11.4 Å². The van der Waals surface area contributed by atoms with Crippen molar-refractivity contribution in [3.05, 3.63) is 198 Å². The van der Waals surface area contributed by atoms with Gasteiger partial charge in [-0.15, -0.1) is 10.2 Å². The summed E-state index contributed by atoms with van der Waals surface area (Å²) in [4.78, 5) is 27.7. The minimum atomic E-state index is -1.12. The molecule has 0 radical (unpaired) electrons. The fourth-order valence-corrected chi connectivity index (χ4v) is 7.08. The Morgan fingerprint density at radius 1 is 0.397 bits per heavy atom. The highest BCUT2D eigenvalue weighted by atomic mass is 16.4. The first-order chi connectivity index (χ1) is 28.4. The van der Waals surface area contributed by atoms with Gasteiger partial charge < -0.3 is 10.2 Å². The maximum absolute atomic E-state index is 11.4. The van der Waals surface area contributed by atoms with Crippen LogP contribution < -0.4 is 0 Å². The molecule has 0 saturated carbocycles. The highest BCUT2D eigenvalue weighted by Crippen LogP contribution is 2.40. The predicted molar refractivity (Wildman–Crippen MR) is 224 cm³/mol. The molecule has 0 saturated heterocycles. The average Bonchev–Trinajstić information content (AvgIpc) is 3.28. The van der Waals surface area contributed by atoms with Gasteiger partial charge in [0, 0.05) is 17.3 Å². The summed E-state index contributed by atoms with van der Waals surface area (Å²) >= 11 is 0. The number of rotatable bonds is 13. The zero-order valence-corrected chi connectivity index (χ0v) is 31.4. The summed E-state index contributed by atoms with van der Waals surface area (Å²) < 4.78 is 0. The molecule has 2 N–H and O–H groups in total. The van der Waals surface area contributed by atoms with Gasteiger partial charge in [0.15, 0.2) is 11.4 Å². The minimum absolute atomic E-state index is 0.0954. The maximum atomic E-state index is 11.4. The Balaban J connectivity index is 1.19. The maximum Gasteiger partial charge on any atom is 0.356 e. The number of nitrogens with zero attached hydrogens (tertiary/aromatic N) is 5. The molecule has 0 aliphatic heterocycles. The summed E-state index contributed by atoms with van der Waals surface area (Å²) in [5, 5.41) is 34.6. The molecular formula is C49H37N5O4. The molecule has 3 aromatic heterocycles. The summed E-state index contributed by atoms with van der Waals surface area (Å²) in [5.41, 5.74) is 13.8. The Morgan fingerprint density at radius 2 is 0.897 bits per heavy atom. The van der Waals surface area contributed by atoms with Gasteiger partial charge >= 0.3 is 11.9 Å². The first kappa shape index (κ1) is 37.3. The molecule has 9 nitrogen and oxygen atoms in total. The molecule has 282 valence electrons. The zero-order chi connectivity index (χ0) is 39.8. The van der Waals surface area contributed by atoms with Gasteiger partial charge in [-0.1, -0.05) is 127 Å². The van der Waals surface area contributed by atoms with E-state index >= 15 is 0 Å². The second-order valence-corrected chi connectivity index (χ2v) is 13.9. The molecule has 0 bridgehead atoms. The van der Waals surface area contributed by atoms with E-state index in [2.05, 4.69) is 111 Å². The Bertz CT molecular complexity index is 2620. The van der Waals surface area contributed by atoms with Crippen molar-refractivity contribution < 1.29 is 19.8 Å². The highest BCUT2D eigenvalue weighted by Gasteiger charge is 2.17. The van der Waals surface area contributed by atoms with Crippen LogP contribution in [0, 0.1) is 0 Å². The van der Waals surface area contributed by atoms with Crippen molar-refractivity contribution in [2.24, 2.45) is 0 Å². The summed E-state index contributed by atoms with van der Waals surface area (Å²) in [6, 6.07) is 52.7. The van der Waals surface area contributed by atoms with Crippen molar-refractivity contribution in [3.8, 4) is 55.8 Å². The van der Waals surface area contributed by atoms with Crippen LogP contribution in [0.5, 0.6) is 0 Å². The number of benzene rings is 5. The molecule has 0 aliphatic carbocycles. The van der Waals surface area contributed by atoms with E-state index in [1.165, 1.54) is 12.1 Å². The van der Waals surface area contributed by atoms with Crippen LogP contribution in [-0.2, 0) is 25.7 Å². The fourth-order valence-electron chi connectivity index (χ4n) is 7.08. The van der Waals surface area contributed by atoms with E-state index in [4.69, 9.17) is 4.98 Å². The Kier molecular flexibility index (Phi) is 10.9. The van der Waals surface area contributed by atoms with Crippen molar-refractivity contribution in [2.45, 2.75) is 25.7 Å². The SMILES string of the molecule is O=C(O)c1ccc(CCc2cc(CCc3ccc(C(=O)O)nn3)cc(-c3ccccc3-c3cnc(-c4ccccc4)cc3-c3ccc(-c4ccccc4)cc3)c2)nn1. The molecule has 0 aliphatic rings. The van der Waals surface area contributed by atoms with Gasteiger partial charge in [0.1, 0.15) is 0 Å². The molecule has 0 amide bonds. The molecule has 0 spiro atoms. The first-order valence-electron chi connectivity index (χ1n) is 18.9. The van der Waals surface area contributed by atoms with Gasteiger partial charge in [-0.3, -0.25) is 4.98 Å². The van der Waals surface area contributed by atoms with Gasteiger partial charge in [0.2, 0.25) is 0 Å². The Morgan fingerprint density at radius 3 is 1.43 bits per heavy atom. The van der Waals surface area contributed by atoms with E-state index in [0.29, 0.717) is 37.1 Å². The van der Waals surface area contributed by atoms with Gasteiger partial charge in [0.05, 0.1) is 17.1 Å². The van der Waals surface area contributed by atoms with Crippen LogP contribution in [0.25, 0.3) is 55.8 Å². The van der Waals surface area contributed by atoms with Crippen LogP contribution in [0.1, 0.15) is 43.5 Å². The third-order valence-corrected chi connectivity index (χ3v) is 10.1. The van der Waals surface area contributed by atoms with Crippen molar-refractivity contribution in [1.82, 2.24) is 25.4 Å². The number of hydrogen-bond donors (Lipinski definition) is 2. The normalized spacial score (nSPS) is 11.0. The lowest BCUT2D eigenvalue weighted by atomic mass is 9.87. The number of aryl methyl sites for hydroxylation is 4. The van der Waals surface area contributed by atoms with E-state index in [1.807, 2.05) is 48.7 Å². The summed E-state index contributed by atoms with van der Waals surface area (Å²) in [7, 11) is 0. The summed E-state index contributed by atoms with van der Waals surface area (Å²) in [6.45, 7) is 0. The van der Waals surface area contributed by atoms with E-state index in [9.17, 15) is 19.8 Å². The van der Waals surface area contributed by atoms with E-state index < -0.39 is 11.9 Å². The number of carboxylic acid groups (broad SMARTS) is 2. The smallest absolute Gasteiger partial charge is 0.356 e. The van der Waals surface area contributed by atoms with Crippen LogP contribution in [0.3, 0.4) is 0 Å². The summed E-state index contributed by atoms with van der Waals surface area (Å²) in [6.07, 6.45) is 4.39. The van der Waals surface area contributed by atoms with Crippen LogP contribution in [0.4, 0.5) is 0 Å². The molecular weight excluding hydrogens is 723 g/mol. The van der Waals surface area contributed by atoms with Crippen LogP contribution >= 0.6 is 0 Å². The third kappa shape index (κ3) is 8.59. The van der Waals surface area contributed by atoms with Gasteiger partial charge in [0.25, 0.3) is 0 Å². The van der Waals surface area contributed by atoms with Crippen LogP contribution in [0.15, 0.2) is 164 Å². The number of hydrogen-bond acceptors (Lipinski definition) is 7. The lowest BCUT2D eigenvalue weighted by Gasteiger charge is -2.17. The Hall–Kier alpha value is -7.65. The number of pyridine rings is 1. The van der Waals surface area contributed by atoms with Gasteiger partial charge in [-0.05, 0) is 106 Å². The second kappa shape index (κ2) is 17.0. The number of carbonyl (C=O) groups is 2. The fraction of sp³-hybridized carbons (Fsp3) is 0.0816. The molecule has 8 aromatic rings. The lowest BCUT2D eigenvalue weighted by Crippen LogP contribution is -2.05. The molecule has 8 rings (SSSR count). The Labute approximate surface area is 335 Å². The van der Waals surface area contributed by atoms with Crippen LogP contribution in [0.2, 0.25) is 0 Å². The van der Waals surface area contributed by atoms with Gasteiger partial charge in [-0.2, -0.15) is 10.2 Å². The molecule has 3 heterocycles. The molecule has 58 heavy (non-hydrogen) atoms. The monoisotopic (exact) mass is 759 g/mol.